The Kier molecular flexibility index (Phi) is 3.32. The number of hydrogen-bond acceptors (Lipinski definition) is 2. The van der Waals surface area contributed by atoms with Crippen LogP contribution in [-0.2, 0) is 13.5 Å². The highest BCUT2D eigenvalue weighted by molar-refractivity contribution is 5.99. The first-order valence-corrected chi connectivity index (χ1v) is 7.37. The lowest BCUT2D eigenvalue weighted by Gasteiger charge is -2.21. The number of rotatable bonds is 3. The number of benzene rings is 1. The number of likely N-dealkylation sites (N-methyl/N-ethyl adjacent to an activating group) is 1. The van der Waals surface area contributed by atoms with Gasteiger partial charge in [-0.3, -0.25) is 4.79 Å². The summed E-state index contributed by atoms with van der Waals surface area (Å²) in [5, 5.41) is 0. The van der Waals surface area contributed by atoms with Gasteiger partial charge >= 0.3 is 0 Å². The summed E-state index contributed by atoms with van der Waals surface area (Å²) < 4.78 is 2.16. The number of fused-ring (bicyclic) bond motifs is 1. The van der Waals surface area contributed by atoms with Crippen molar-refractivity contribution in [1.82, 2.24) is 14.5 Å². The molecule has 0 fully saturated rings. The molecule has 1 aliphatic heterocycles. The molecule has 0 aliphatic carbocycles. The lowest BCUT2D eigenvalue weighted by atomic mass is 10.0. The van der Waals surface area contributed by atoms with E-state index in [4.69, 9.17) is 0 Å². The maximum Gasteiger partial charge on any atom is 0.254 e. The molecule has 0 N–H and O–H groups in total. The predicted octanol–water partition coefficient (Wildman–Crippen LogP) is 2.91. The summed E-state index contributed by atoms with van der Waals surface area (Å²) in [5.74, 6) is 1.60. The highest BCUT2D eigenvalue weighted by Gasteiger charge is 2.34. The second-order valence-electron chi connectivity index (χ2n) is 6.04. The molecule has 0 saturated heterocycles. The van der Waals surface area contributed by atoms with Gasteiger partial charge in [0.05, 0.1) is 6.04 Å². The first kappa shape index (κ1) is 13.9. The molecule has 0 saturated carbocycles. The van der Waals surface area contributed by atoms with E-state index in [-0.39, 0.29) is 11.9 Å². The van der Waals surface area contributed by atoms with Gasteiger partial charge in [-0.05, 0) is 11.6 Å². The average molecular weight is 283 g/mol. The molecule has 4 nitrogen and oxygen atoms in total. The Morgan fingerprint density at radius 2 is 1.95 bits per heavy atom. The summed E-state index contributed by atoms with van der Waals surface area (Å²) in [6, 6.07) is 8.00. The highest BCUT2D eigenvalue weighted by Crippen LogP contribution is 2.34. The van der Waals surface area contributed by atoms with Crippen molar-refractivity contribution in [2.75, 3.05) is 7.05 Å². The molecular formula is C17H21N3O. The van der Waals surface area contributed by atoms with Crippen LogP contribution in [0.15, 0.2) is 30.5 Å². The monoisotopic (exact) mass is 283 g/mol. The topological polar surface area (TPSA) is 38.1 Å². The van der Waals surface area contributed by atoms with Crippen molar-refractivity contribution < 1.29 is 4.79 Å². The molecule has 1 atom stereocenters. The minimum atomic E-state index is 0.101. The second-order valence-corrected chi connectivity index (χ2v) is 6.04. The maximum absolute atomic E-state index is 12.3. The zero-order chi connectivity index (χ0) is 15.1. The summed E-state index contributed by atoms with van der Waals surface area (Å²) in [7, 11) is 3.94. The molecule has 1 unspecified atom stereocenters. The molecule has 1 amide bonds. The van der Waals surface area contributed by atoms with Crippen molar-refractivity contribution in [3.05, 3.63) is 53.1 Å². The van der Waals surface area contributed by atoms with Crippen LogP contribution in [-0.4, -0.2) is 27.4 Å². The van der Waals surface area contributed by atoms with Crippen molar-refractivity contribution >= 4 is 5.91 Å². The summed E-state index contributed by atoms with van der Waals surface area (Å²) in [4.78, 5) is 18.7. The second kappa shape index (κ2) is 5.02. The molecule has 0 spiro atoms. The van der Waals surface area contributed by atoms with Gasteiger partial charge in [0.1, 0.15) is 5.82 Å². The van der Waals surface area contributed by atoms with Crippen LogP contribution < -0.4 is 0 Å². The molecule has 1 aromatic carbocycles. The summed E-state index contributed by atoms with van der Waals surface area (Å²) in [6.45, 7) is 4.29. The quantitative estimate of drug-likeness (QED) is 0.868. The van der Waals surface area contributed by atoms with Crippen molar-refractivity contribution in [1.29, 1.82) is 0 Å². The highest BCUT2D eigenvalue weighted by atomic mass is 16.2. The smallest absolute Gasteiger partial charge is 0.254 e. The van der Waals surface area contributed by atoms with Gasteiger partial charge in [0, 0.05) is 43.9 Å². The molecular weight excluding hydrogens is 262 g/mol. The molecule has 3 rings (SSSR count). The fourth-order valence-electron chi connectivity index (χ4n) is 3.15. The van der Waals surface area contributed by atoms with Crippen molar-refractivity contribution in [2.45, 2.75) is 32.2 Å². The molecule has 1 aliphatic rings. The molecule has 110 valence electrons. The van der Waals surface area contributed by atoms with Crippen LogP contribution in [0.4, 0.5) is 0 Å². The van der Waals surface area contributed by atoms with E-state index in [2.05, 4.69) is 36.5 Å². The van der Waals surface area contributed by atoms with Crippen LogP contribution in [0.25, 0.3) is 0 Å². The maximum atomic E-state index is 12.3. The minimum Gasteiger partial charge on any atom is -0.335 e. The van der Waals surface area contributed by atoms with Crippen molar-refractivity contribution in [2.24, 2.45) is 7.05 Å². The zero-order valence-corrected chi connectivity index (χ0v) is 13.0. The van der Waals surface area contributed by atoms with Gasteiger partial charge in [0.25, 0.3) is 5.91 Å². The van der Waals surface area contributed by atoms with Gasteiger partial charge in [-0.1, -0.05) is 32.0 Å². The first-order valence-electron chi connectivity index (χ1n) is 7.37. The Morgan fingerprint density at radius 3 is 2.62 bits per heavy atom. The van der Waals surface area contributed by atoms with Gasteiger partial charge in [-0.2, -0.15) is 0 Å². The Morgan fingerprint density at radius 1 is 1.24 bits per heavy atom. The lowest BCUT2D eigenvalue weighted by molar-refractivity contribution is 0.0773. The van der Waals surface area contributed by atoms with Crippen molar-refractivity contribution in [3.8, 4) is 0 Å². The standard InChI is InChI=1S/C17H21N3O/c1-11(2)16-18-10-12(19(16)3)9-15-13-7-5-6-8-14(13)17(21)20(15)4/h5-8,10-11,15H,9H2,1-4H3. The normalized spacial score (nSPS) is 17.7. The van der Waals surface area contributed by atoms with E-state index in [1.54, 1.807) is 0 Å². The number of aromatic nitrogens is 2. The molecule has 4 heteroatoms. The van der Waals surface area contributed by atoms with E-state index in [1.165, 1.54) is 5.69 Å². The van der Waals surface area contributed by atoms with Gasteiger partial charge in [0.15, 0.2) is 0 Å². The predicted molar refractivity (Wildman–Crippen MR) is 82.3 cm³/mol. The van der Waals surface area contributed by atoms with Crippen molar-refractivity contribution in [3.63, 3.8) is 0 Å². The Labute approximate surface area is 125 Å². The number of amides is 1. The number of imidazole rings is 1. The minimum absolute atomic E-state index is 0.101. The van der Waals surface area contributed by atoms with Crippen LogP contribution in [0.2, 0.25) is 0 Å². The third kappa shape index (κ3) is 2.15. The Hall–Kier alpha value is -2.10. The lowest BCUT2D eigenvalue weighted by Crippen LogP contribution is -2.25. The van der Waals surface area contributed by atoms with Crippen LogP contribution in [0.5, 0.6) is 0 Å². The average Bonchev–Trinajstić information content (AvgIpc) is 2.94. The van der Waals surface area contributed by atoms with E-state index in [9.17, 15) is 4.79 Å². The fourth-order valence-corrected chi connectivity index (χ4v) is 3.15. The van der Waals surface area contributed by atoms with E-state index < -0.39 is 0 Å². The third-order valence-corrected chi connectivity index (χ3v) is 4.38. The summed E-state index contributed by atoms with van der Waals surface area (Å²) in [6.07, 6.45) is 2.74. The van der Waals surface area contributed by atoms with Gasteiger partial charge < -0.3 is 9.47 Å². The largest absolute Gasteiger partial charge is 0.335 e. The number of hydrogen-bond donors (Lipinski definition) is 0. The summed E-state index contributed by atoms with van der Waals surface area (Å²) >= 11 is 0. The van der Waals surface area contributed by atoms with E-state index in [1.807, 2.05) is 36.3 Å². The molecule has 1 aromatic heterocycles. The fraction of sp³-hybridized carbons (Fsp3) is 0.412. The Balaban J connectivity index is 1.94. The van der Waals surface area contributed by atoms with Gasteiger partial charge in [0.2, 0.25) is 0 Å². The van der Waals surface area contributed by atoms with E-state index in [0.29, 0.717) is 5.92 Å². The van der Waals surface area contributed by atoms with Gasteiger partial charge in [-0.15, -0.1) is 0 Å². The third-order valence-electron chi connectivity index (χ3n) is 4.38. The van der Waals surface area contributed by atoms with Crippen LogP contribution in [0.1, 0.15) is 53.2 Å². The first-order chi connectivity index (χ1) is 10.0. The SMILES string of the molecule is CC(C)c1ncc(CC2c3ccccc3C(=O)N2C)n1C. The van der Waals surface area contributed by atoms with Crippen LogP contribution in [0.3, 0.4) is 0 Å². The molecule has 0 bridgehead atoms. The van der Waals surface area contributed by atoms with E-state index in [0.717, 1.165) is 23.4 Å². The van der Waals surface area contributed by atoms with E-state index >= 15 is 0 Å². The summed E-state index contributed by atoms with van der Waals surface area (Å²) in [5.41, 5.74) is 3.12. The Bertz CT molecular complexity index is 687. The molecule has 2 heterocycles. The van der Waals surface area contributed by atoms with Gasteiger partial charge in [-0.25, -0.2) is 4.98 Å². The number of nitrogens with zero attached hydrogens (tertiary/aromatic N) is 3. The number of carbonyl (C=O) groups is 1. The molecule has 0 radical (unpaired) electrons. The zero-order valence-electron chi connectivity index (χ0n) is 13.0. The number of carbonyl (C=O) groups excluding carboxylic acids is 1. The molecule has 21 heavy (non-hydrogen) atoms. The van der Waals surface area contributed by atoms with Crippen LogP contribution >= 0.6 is 0 Å². The molecule has 2 aromatic rings. The van der Waals surface area contributed by atoms with Crippen LogP contribution in [0, 0.1) is 0 Å².